The summed E-state index contributed by atoms with van der Waals surface area (Å²) in [6, 6.07) is 4.92. The molecule has 1 atom stereocenters. The molecule has 7 heteroatoms. The van der Waals surface area contributed by atoms with Gasteiger partial charge in [-0.25, -0.2) is 8.42 Å². The molecule has 0 radical (unpaired) electrons. The fraction of sp³-hybridized carbons (Fsp3) is 0.308. The van der Waals surface area contributed by atoms with Gasteiger partial charge >= 0.3 is 0 Å². The molecule has 0 bridgehead atoms. The van der Waals surface area contributed by atoms with Crippen molar-refractivity contribution in [1.29, 1.82) is 0 Å². The Hall–Kier alpha value is -2.04. The summed E-state index contributed by atoms with van der Waals surface area (Å²) in [6.07, 6.45) is 5.01. The first kappa shape index (κ1) is 16.0. The summed E-state index contributed by atoms with van der Waals surface area (Å²) in [5.74, 6) is 2.30. The first-order valence-electron chi connectivity index (χ1n) is 5.78. The first-order chi connectivity index (χ1) is 9.40. The van der Waals surface area contributed by atoms with Gasteiger partial charge in [0.25, 0.3) is 0 Å². The molecule has 0 spiro atoms. The molecular formula is C13H16N2O4S. The van der Waals surface area contributed by atoms with Crippen molar-refractivity contribution in [2.24, 2.45) is 0 Å². The molecule has 0 aliphatic carbocycles. The molecule has 0 saturated heterocycles. The van der Waals surface area contributed by atoms with Gasteiger partial charge in [-0.15, -0.1) is 6.42 Å². The van der Waals surface area contributed by atoms with Crippen molar-refractivity contribution in [2.45, 2.75) is 17.9 Å². The highest BCUT2D eigenvalue weighted by Gasteiger charge is 2.21. The molecule has 0 aliphatic heterocycles. The SMILES string of the molecule is C#CCNC(=O)[C@H](C)NS(=O)(=O)c1ccc(OC)cc1. The Kier molecular flexibility index (Phi) is 5.55. The molecule has 2 N–H and O–H groups in total. The third kappa shape index (κ3) is 4.26. The van der Waals surface area contributed by atoms with Crippen LogP contribution in [0, 0.1) is 12.3 Å². The van der Waals surface area contributed by atoms with Crippen LogP contribution in [0.5, 0.6) is 5.75 Å². The van der Waals surface area contributed by atoms with Crippen LogP contribution in [0.2, 0.25) is 0 Å². The zero-order valence-electron chi connectivity index (χ0n) is 11.2. The van der Waals surface area contributed by atoms with Crippen molar-refractivity contribution in [1.82, 2.24) is 10.0 Å². The number of rotatable bonds is 6. The third-order valence-corrected chi connectivity index (χ3v) is 4.02. The van der Waals surface area contributed by atoms with Gasteiger partial charge in [0, 0.05) is 0 Å². The van der Waals surface area contributed by atoms with E-state index in [1.807, 2.05) is 0 Å². The van der Waals surface area contributed by atoms with Crippen LogP contribution in [0.25, 0.3) is 0 Å². The summed E-state index contributed by atoms with van der Waals surface area (Å²) in [5, 5.41) is 2.40. The molecule has 20 heavy (non-hydrogen) atoms. The summed E-state index contributed by atoms with van der Waals surface area (Å²) in [5.41, 5.74) is 0. The molecule has 0 aromatic heterocycles. The lowest BCUT2D eigenvalue weighted by molar-refractivity contribution is -0.122. The van der Waals surface area contributed by atoms with Gasteiger partial charge in [0.2, 0.25) is 15.9 Å². The number of methoxy groups -OCH3 is 1. The smallest absolute Gasteiger partial charge is 0.241 e. The maximum atomic E-state index is 12.0. The normalized spacial score (nSPS) is 12.2. The number of carbonyl (C=O) groups excluding carboxylic acids is 1. The molecule has 1 amide bonds. The molecule has 0 saturated carbocycles. The van der Waals surface area contributed by atoms with Gasteiger partial charge in [-0.05, 0) is 31.2 Å². The van der Waals surface area contributed by atoms with E-state index in [0.29, 0.717) is 5.75 Å². The molecule has 0 aliphatic rings. The van der Waals surface area contributed by atoms with Gasteiger partial charge in [0.1, 0.15) is 5.75 Å². The van der Waals surface area contributed by atoms with E-state index in [4.69, 9.17) is 11.2 Å². The van der Waals surface area contributed by atoms with E-state index in [1.54, 1.807) is 0 Å². The van der Waals surface area contributed by atoms with Gasteiger partial charge in [0.05, 0.1) is 24.6 Å². The van der Waals surface area contributed by atoms with Crippen LogP contribution >= 0.6 is 0 Å². The number of ether oxygens (including phenoxy) is 1. The molecule has 1 aromatic rings. The summed E-state index contributed by atoms with van der Waals surface area (Å²) in [4.78, 5) is 11.6. The second-order valence-electron chi connectivity index (χ2n) is 3.94. The minimum absolute atomic E-state index is 0.0490. The topological polar surface area (TPSA) is 84.5 Å². The molecule has 0 heterocycles. The second kappa shape index (κ2) is 6.93. The number of sulfonamides is 1. The highest BCUT2D eigenvalue weighted by Crippen LogP contribution is 2.15. The van der Waals surface area contributed by atoms with Crippen LogP contribution in [0.15, 0.2) is 29.2 Å². The molecule has 6 nitrogen and oxygen atoms in total. The fourth-order valence-electron chi connectivity index (χ4n) is 1.40. The maximum absolute atomic E-state index is 12.0. The van der Waals surface area contributed by atoms with Crippen molar-refractivity contribution in [3.63, 3.8) is 0 Å². The summed E-state index contributed by atoms with van der Waals surface area (Å²) >= 11 is 0. The molecular weight excluding hydrogens is 280 g/mol. The number of benzene rings is 1. The zero-order valence-corrected chi connectivity index (χ0v) is 12.0. The number of carbonyl (C=O) groups is 1. The Balaban J connectivity index is 2.78. The third-order valence-electron chi connectivity index (χ3n) is 2.46. The van der Waals surface area contributed by atoms with Crippen molar-refractivity contribution in [3.05, 3.63) is 24.3 Å². The van der Waals surface area contributed by atoms with E-state index in [9.17, 15) is 13.2 Å². The van der Waals surface area contributed by atoms with E-state index in [2.05, 4.69) is 16.0 Å². The summed E-state index contributed by atoms with van der Waals surface area (Å²) < 4.78 is 31.3. The number of terminal acetylenes is 1. The first-order valence-corrected chi connectivity index (χ1v) is 7.26. The Labute approximate surface area is 118 Å². The van der Waals surface area contributed by atoms with Crippen LogP contribution in [-0.4, -0.2) is 34.0 Å². The molecule has 0 unspecified atom stereocenters. The predicted octanol–water partition coefficient (Wildman–Crippen LogP) is 0.111. The van der Waals surface area contributed by atoms with Gasteiger partial charge in [0.15, 0.2) is 0 Å². The van der Waals surface area contributed by atoms with E-state index < -0.39 is 22.0 Å². The Morgan fingerprint density at radius 3 is 2.50 bits per heavy atom. The van der Waals surface area contributed by atoms with E-state index in [-0.39, 0.29) is 11.4 Å². The number of hydrogen-bond donors (Lipinski definition) is 2. The Morgan fingerprint density at radius 1 is 1.40 bits per heavy atom. The highest BCUT2D eigenvalue weighted by atomic mass is 32.2. The van der Waals surface area contributed by atoms with Crippen molar-refractivity contribution in [2.75, 3.05) is 13.7 Å². The average molecular weight is 296 g/mol. The van der Waals surface area contributed by atoms with Crippen LogP contribution in [0.1, 0.15) is 6.92 Å². The maximum Gasteiger partial charge on any atom is 0.241 e. The second-order valence-corrected chi connectivity index (χ2v) is 5.65. The standard InChI is InChI=1S/C13H16N2O4S/c1-4-9-14-13(16)10(2)15-20(17,18)12-7-5-11(19-3)6-8-12/h1,5-8,10,15H,9H2,2-3H3,(H,14,16)/t10-/m0/s1. The monoisotopic (exact) mass is 296 g/mol. The zero-order chi connectivity index (χ0) is 15.2. The van der Waals surface area contributed by atoms with Crippen LogP contribution in [-0.2, 0) is 14.8 Å². The predicted molar refractivity (Wildman–Crippen MR) is 74.6 cm³/mol. The lowest BCUT2D eigenvalue weighted by atomic mass is 10.3. The largest absolute Gasteiger partial charge is 0.497 e. The van der Waals surface area contributed by atoms with Crippen LogP contribution < -0.4 is 14.8 Å². The van der Waals surface area contributed by atoms with Crippen molar-refractivity contribution in [3.8, 4) is 18.1 Å². The van der Waals surface area contributed by atoms with Crippen molar-refractivity contribution >= 4 is 15.9 Å². The summed E-state index contributed by atoms with van der Waals surface area (Å²) in [6.45, 7) is 1.49. The number of nitrogens with one attached hydrogen (secondary N) is 2. The minimum Gasteiger partial charge on any atom is -0.497 e. The lowest BCUT2D eigenvalue weighted by Gasteiger charge is -2.13. The highest BCUT2D eigenvalue weighted by molar-refractivity contribution is 7.89. The Bertz CT molecular complexity index is 602. The molecule has 1 aromatic carbocycles. The van der Waals surface area contributed by atoms with Gasteiger partial charge < -0.3 is 10.1 Å². The summed E-state index contributed by atoms with van der Waals surface area (Å²) in [7, 11) is -2.29. The lowest BCUT2D eigenvalue weighted by Crippen LogP contribution is -2.44. The van der Waals surface area contributed by atoms with E-state index in [0.717, 1.165) is 0 Å². The Morgan fingerprint density at radius 2 is 2.00 bits per heavy atom. The fourth-order valence-corrected chi connectivity index (χ4v) is 2.60. The average Bonchev–Trinajstić information content (AvgIpc) is 2.44. The molecule has 1 rings (SSSR count). The van der Waals surface area contributed by atoms with Crippen LogP contribution in [0.3, 0.4) is 0 Å². The minimum atomic E-state index is -3.77. The molecule has 0 fully saturated rings. The van der Waals surface area contributed by atoms with Crippen molar-refractivity contribution < 1.29 is 17.9 Å². The van der Waals surface area contributed by atoms with Crippen LogP contribution in [0.4, 0.5) is 0 Å². The van der Waals surface area contributed by atoms with E-state index in [1.165, 1.54) is 38.3 Å². The van der Waals surface area contributed by atoms with Gasteiger partial charge in [-0.3, -0.25) is 4.79 Å². The number of hydrogen-bond acceptors (Lipinski definition) is 4. The quantitative estimate of drug-likeness (QED) is 0.730. The molecule has 108 valence electrons. The van der Waals surface area contributed by atoms with E-state index >= 15 is 0 Å². The van der Waals surface area contributed by atoms with Gasteiger partial charge in [-0.1, -0.05) is 5.92 Å². The number of amides is 1. The van der Waals surface area contributed by atoms with Gasteiger partial charge in [-0.2, -0.15) is 4.72 Å².